The number of hydrogen-bond acceptors (Lipinski definition) is 2. The van der Waals surface area contributed by atoms with Crippen molar-refractivity contribution >= 4 is 5.69 Å². The van der Waals surface area contributed by atoms with Crippen LogP contribution in [-0.2, 0) is 6.42 Å². The number of likely N-dealkylation sites (N-methyl/N-ethyl adjacent to an activating group) is 1. The van der Waals surface area contributed by atoms with Crippen LogP contribution in [-0.4, -0.2) is 37.1 Å². The predicted octanol–water partition coefficient (Wildman–Crippen LogP) is 2.84. The van der Waals surface area contributed by atoms with Crippen molar-refractivity contribution in [3.05, 3.63) is 29.3 Å². The van der Waals surface area contributed by atoms with Crippen LogP contribution in [0.3, 0.4) is 0 Å². The summed E-state index contributed by atoms with van der Waals surface area (Å²) in [6.07, 6.45) is 3.89. The van der Waals surface area contributed by atoms with Crippen LogP contribution in [0, 0.1) is 6.92 Å². The zero-order valence-corrected chi connectivity index (χ0v) is 11.9. The summed E-state index contributed by atoms with van der Waals surface area (Å²) < 4.78 is 0. The zero-order valence-electron chi connectivity index (χ0n) is 11.9. The highest BCUT2D eigenvalue weighted by Crippen LogP contribution is 2.39. The van der Waals surface area contributed by atoms with E-state index < -0.39 is 0 Å². The van der Waals surface area contributed by atoms with Gasteiger partial charge in [-0.3, -0.25) is 4.90 Å². The van der Waals surface area contributed by atoms with Gasteiger partial charge >= 0.3 is 0 Å². The molecule has 0 radical (unpaired) electrons. The Kier molecular flexibility index (Phi) is 2.86. The normalized spacial score (nSPS) is 22.5. The molecule has 0 bridgehead atoms. The van der Waals surface area contributed by atoms with Gasteiger partial charge in [0.2, 0.25) is 0 Å². The molecular formula is C16H24N2. The molecule has 1 spiro atoms. The summed E-state index contributed by atoms with van der Waals surface area (Å²) in [7, 11) is 2.29. The van der Waals surface area contributed by atoms with E-state index >= 15 is 0 Å². The minimum Gasteiger partial charge on any atom is -0.367 e. The van der Waals surface area contributed by atoms with Crippen molar-refractivity contribution in [2.24, 2.45) is 0 Å². The van der Waals surface area contributed by atoms with Gasteiger partial charge in [-0.05, 0) is 57.0 Å². The molecule has 0 unspecified atom stereocenters. The molecule has 0 aliphatic carbocycles. The third kappa shape index (κ3) is 1.74. The van der Waals surface area contributed by atoms with Crippen LogP contribution in [0.15, 0.2) is 18.2 Å². The average Bonchev–Trinajstić information content (AvgIpc) is 2.69. The van der Waals surface area contributed by atoms with E-state index in [1.807, 2.05) is 0 Å². The van der Waals surface area contributed by atoms with E-state index in [0.29, 0.717) is 5.54 Å². The topological polar surface area (TPSA) is 6.48 Å². The Morgan fingerprint density at radius 1 is 1.28 bits per heavy atom. The Morgan fingerprint density at radius 2 is 2.06 bits per heavy atom. The van der Waals surface area contributed by atoms with E-state index in [-0.39, 0.29) is 0 Å². The quantitative estimate of drug-likeness (QED) is 0.789. The smallest absolute Gasteiger partial charge is 0.0557 e. The third-order valence-corrected chi connectivity index (χ3v) is 4.93. The van der Waals surface area contributed by atoms with Crippen LogP contribution in [0.1, 0.15) is 30.9 Å². The molecule has 2 heteroatoms. The van der Waals surface area contributed by atoms with Gasteiger partial charge in [0.05, 0.1) is 5.54 Å². The Morgan fingerprint density at radius 3 is 2.61 bits per heavy atom. The number of hydrogen-bond donors (Lipinski definition) is 0. The average molecular weight is 244 g/mol. The number of rotatable bonds is 2. The van der Waals surface area contributed by atoms with Gasteiger partial charge in [-0.1, -0.05) is 19.1 Å². The Hall–Kier alpha value is -1.02. The standard InChI is InChI=1S/C16H24N2/c1-4-14-6-7-15(13(2)10-14)18-11-16(12-18)8-5-9-17(16)3/h6-7,10H,4-5,8-9,11-12H2,1-3H3. The van der Waals surface area contributed by atoms with E-state index in [4.69, 9.17) is 0 Å². The van der Waals surface area contributed by atoms with Gasteiger partial charge in [-0.15, -0.1) is 0 Å². The third-order valence-electron chi connectivity index (χ3n) is 4.93. The van der Waals surface area contributed by atoms with Crippen LogP contribution < -0.4 is 4.90 Å². The molecule has 2 nitrogen and oxygen atoms in total. The Bertz CT molecular complexity index is 446. The number of likely N-dealkylation sites (tertiary alicyclic amines) is 1. The second-order valence-corrected chi connectivity index (χ2v) is 6.08. The molecule has 1 aromatic carbocycles. The monoisotopic (exact) mass is 244 g/mol. The van der Waals surface area contributed by atoms with Crippen molar-refractivity contribution in [1.29, 1.82) is 0 Å². The largest absolute Gasteiger partial charge is 0.367 e. The molecule has 2 aliphatic rings. The highest BCUT2D eigenvalue weighted by Gasteiger charge is 2.48. The van der Waals surface area contributed by atoms with E-state index in [9.17, 15) is 0 Å². The summed E-state index contributed by atoms with van der Waals surface area (Å²) in [6, 6.07) is 6.94. The summed E-state index contributed by atoms with van der Waals surface area (Å²) in [6.45, 7) is 8.19. The molecule has 2 fully saturated rings. The van der Waals surface area contributed by atoms with Crippen molar-refractivity contribution in [3.8, 4) is 0 Å². The molecule has 0 atom stereocenters. The number of benzene rings is 1. The maximum Gasteiger partial charge on any atom is 0.0557 e. The summed E-state index contributed by atoms with van der Waals surface area (Å²) in [4.78, 5) is 5.12. The second kappa shape index (κ2) is 4.27. The van der Waals surface area contributed by atoms with Crippen LogP contribution in [0.2, 0.25) is 0 Å². The molecule has 3 rings (SSSR count). The van der Waals surface area contributed by atoms with Gasteiger partial charge in [-0.2, -0.15) is 0 Å². The lowest BCUT2D eigenvalue weighted by atomic mass is 9.86. The van der Waals surface area contributed by atoms with Crippen LogP contribution in [0.25, 0.3) is 0 Å². The maximum atomic E-state index is 2.57. The molecule has 0 aromatic heterocycles. The fourth-order valence-corrected chi connectivity index (χ4v) is 3.60. The number of nitrogens with zero attached hydrogens (tertiary/aromatic N) is 2. The molecular weight excluding hydrogens is 220 g/mol. The van der Waals surface area contributed by atoms with E-state index in [2.05, 4.69) is 48.9 Å². The summed E-state index contributed by atoms with van der Waals surface area (Å²) in [5.74, 6) is 0. The SMILES string of the molecule is CCc1ccc(N2CC3(CCCN3C)C2)c(C)c1. The van der Waals surface area contributed by atoms with Gasteiger partial charge < -0.3 is 4.90 Å². The number of anilines is 1. The van der Waals surface area contributed by atoms with Gasteiger partial charge in [0.15, 0.2) is 0 Å². The first-order chi connectivity index (χ1) is 8.64. The molecule has 2 aliphatic heterocycles. The molecule has 2 heterocycles. The van der Waals surface area contributed by atoms with Crippen LogP contribution in [0.4, 0.5) is 5.69 Å². The molecule has 2 saturated heterocycles. The van der Waals surface area contributed by atoms with Gasteiger partial charge in [0.1, 0.15) is 0 Å². The first-order valence-corrected chi connectivity index (χ1v) is 7.20. The lowest BCUT2D eigenvalue weighted by molar-refractivity contribution is 0.133. The van der Waals surface area contributed by atoms with Crippen molar-refractivity contribution in [2.45, 2.75) is 38.6 Å². The second-order valence-electron chi connectivity index (χ2n) is 6.08. The Balaban J connectivity index is 1.75. The Labute approximate surface area is 111 Å². The molecule has 0 saturated carbocycles. The summed E-state index contributed by atoms with van der Waals surface area (Å²) in [5.41, 5.74) is 4.82. The van der Waals surface area contributed by atoms with Gasteiger partial charge in [0, 0.05) is 18.8 Å². The molecule has 0 N–H and O–H groups in total. The van der Waals surface area contributed by atoms with Crippen molar-refractivity contribution in [1.82, 2.24) is 4.90 Å². The fourth-order valence-electron chi connectivity index (χ4n) is 3.60. The molecule has 18 heavy (non-hydrogen) atoms. The van der Waals surface area contributed by atoms with Crippen molar-refractivity contribution < 1.29 is 0 Å². The molecule has 0 amide bonds. The van der Waals surface area contributed by atoms with E-state index in [1.54, 1.807) is 0 Å². The highest BCUT2D eigenvalue weighted by atomic mass is 15.4. The zero-order chi connectivity index (χ0) is 12.8. The first-order valence-electron chi connectivity index (χ1n) is 7.20. The van der Waals surface area contributed by atoms with Gasteiger partial charge in [-0.25, -0.2) is 0 Å². The van der Waals surface area contributed by atoms with E-state index in [0.717, 1.165) is 6.42 Å². The minimum atomic E-state index is 0.496. The first kappa shape index (κ1) is 12.0. The summed E-state index contributed by atoms with van der Waals surface area (Å²) in [5, 5.41) is 0. The van der Waals surface area contributed by atoms with Gasteiger partial charge in [0.25, 0.3) is 0 Å². The lowest BCUT2D eigenvalue weighted by Crippen LogP contribution is -2.67. The molecule has 98 valence electrons. The van der Waals surface area contributed by atoms with Crippen molar-refractivity contribution in [2.75, 3.05) is 31.6 Å². The van der Waals surface area contributed by atoms with Crippen LogP contribution in [0.5, 0.6) is 0 Å². The van der Waals surface area contributed by atoms with Crippen molar-refractivity contribution in [3.63, 3.8) is 0 Å². The highest BCUT2D eigenvalue weighted by molar-refractivity contribution is 5.57. The maximum absolute atomic E-state index is 2.57. The van der Waals surface area contributed by atoms with E-state index in [1.165, 1.54) is 49.3 Å². The fraction of sp³-hybridized carbons (Fsp3) is 0.625. The van der Waals surface area contributed by atoms with Crippen LogP contribution >= 0.6 is 0 Å². The predicted molar refractivity (Wildman–Crippen MR) is 77.4 cm³/mol. The minimum absolute atomic E-state index is 0.496. The lowest BCUT2D eigenvalue weighted by Gasteiger charge is -2.53. The summed E-state index contributed by atoms with van der Waals surface area (Å²) >= 11 is 0. The number of aryl methyl sites for hydroxylation is 2. The molecule has 1 aromatic rings.